The lowest BCUT2D eigenvalue weighted by Gasteiger charge is -2.35. The van der Waals surface area contributed by atoms with Gasteiger partial charge < -0.3 is 4.74 Å². The Morgan fingerprint density at radius 3 is 2.28 bits per heavy atom. The molecule has 3 aromatic carbocycles. The molecular formula is C24H22ClNO3. The molecule has 0 aliphatic carbocycles. The summed E-state index contributed by atoms with van der Waals surface area (Å²) in [7, 11) is 0. The molecule has 3 rings (SSSR count). The molecule has 3 aromatic rings. The van der Waals surface area contributed by atoms with Crippen molar-refractivity contribution in [2.24, 2.45) is 0 Å². The molecule has 0 aliphatic rings. The first kappa shape index (κ1) is 20.6. The molecule has 0 radical (unpaired) electrons. The van der Waals surface area contributed by atoms with Gasteiger partial charge in [0, 0.05) is 10.6 Å². The summed E-state index contributed by atoms with van der Waals surface area (Å²) in [6, 6.07) is 24.9. The van der Waals surface area contributed by atoms with Crippen LogP contribution in [0.3, 0.4) is 0 Å². The van der Waals surface area contributed by atoms with Gasteiger partial charge in [-0.25, -0.2) is 9.63 Å². The lowest BCUT2D eigenvalue weighted by molar-refractivity contribution is -0.0538. The second kappa shape index (κ2) is 9.41. The number of carbonyl (C=O) groups excluding carboxylic acids is 1. The number of nitrogens with one attached hydrogen (secondary N) is 1. The SMILES string of the molecule is C=CCOC(=O)NOC(c1ccccc1)(c1ccc(C)cc1)c1ccccc1Cl. The highest BCUT2D eigenvalue weighted by Crippen LogP contribution is 2.42. The van der Waals surface area contributed by atoms with Gasteiger partial charge in [0.05, 0.1) is 0 Å². The van der Waals surface area contributed by atoms with E-state index in [2.05, 4.69) is 12.1 Å². The van der Waals surface area contributed by atoms with Crippen LogP contribution in [-0.2, 0) is 15.2 Å². The summed E-state index contributed by atoms with van der Waals surface area (Å²) in [5, 5.41) is 0.512. The second-order valence-electron chi connectivity index (χ2n) is 6.48. The van der Waals surface area contributed by atoms with E-state index < -0.39 is 11.7 Å². The number of ether oxygens (including phenoxy) is 1. The van der Waals surface area contributed by atoms with E-state index in [-0.39, 0.29) is 6.61 Å². The van der Waals surface area contributed by atoms with Crippen molar-refractivity contribution in [3.8, 4) is 0 Å². The summed E-state index contributed by atoms with van der Waals surface area (Å²) in [5.41, 5.74) is 4.67. The fourth-order valence-corrected chi connectivity index (χ4v) is 3.41. The Bertz CT molecular complexity index is 973. The average molecular weight is 408 g/mol. The maximum Gasteiger partial charge on any atom is 0.431 e. The van der Waals surface area contributed by atoms with E-state index in [1.54, 1.807) is 6.07 Å². The summed E-state index contributed by atoms with van der Waals surface area (Å²) in [4.78, 5) is 18.3. The Morgan fingerprint density at radius 2 is 1.62 bits per heavy atom. The molecule has 0 heterocycles. The highest BCUT2D eigenvalue weighted by atomic mass is 35.5. The third-order valence-electron chi connectivity index (χ3n) is 4.51. The van der Waals surface area contributed by atoms with Crippen molar-refractivity contribution in [2.75, 3.05) is 6.61 Å². The van der Waals surface area contributed by atoms with Crippen LogP contribution < -0.4 is 5.48 Å². The minimum atomic E-state index is -1.18. The quantitative estimate of drug-likeness (QED) is 0.306. The van der Waals surface area contributed by atoms with Gasteiger partial charge in [-0.05, 0) is 24.1 Å². The van der Waals surface area contributed by atoms with Crippen LogP contribution in [-0.4, -0.2) is 12.7 Å². The van der Waals surface area contributed by atoms with Crippen molar-refractivity contribution in [1.82, 2.24) is 5.48 Å². The van der Waals surface area contributed by atoms with Gasteiger partial charge in [0.2, 0.25) is 0 Å². The van der Waals surface area contributed by atoms with Gasteiger partial charge in [0.25, 0.3) is 0 Å². The second-order valence-corrected chi connectivity index (χ2v) is 6.89. The standard InChI is InChI=1S/C24H22ClNO3/c1-3-17-28-23(27)26-29-24(19-9-5-4-6-10-19,20-15-13-18(2)14-16-20)21-11-7-8-12-22(21)25/h3-16H,1,17H2,2H3,(H,26,27). The van der Waals surface area contributed by atoms with Crippen LogP contribution >= 0.6 is 11.6 Å². The summed E-state index contributed by atoms with van der Waals surface area (Å²) in [6.45, 7) is 5.62. The fraction of sp³-hybridized carbons (Fsp3) is 0.125. The smallest absolute Gasteiger partial charge is 0.431 e. The largest absolute Gasteiger partial charge is 0.444 e. The minimum Gasteiger partial charge on any atom is -0.444 e. The van der Waals surface area contributed by atoms with Crippen molar-refractivity contribution in [3.05, 3.63) is 119 Å². The Balaban J connectivity index is 2.19. The zero-order valence-electron chi connectivity index (χ0n) is 16.1. The molecule has 1 unspecified atom stereocenters. The van der Waals surface area contributed by atoms with Crippen molar-refractivity contribution >= 4 is 17.7 Å². The number of halogens is 1. The predicted molar refractivity (Wildman–Crippen MR) is 115 cm³/mol. The first-order chi connectivity index (χ1) is 14.1. The average Bonchev–Trinajstić information content (AvgIpc) is 2.75. The number of carbonyl (C=O) groups is 1. The van der Waals surface area contributed by atoms with E-state index in [1.807, 2.05) is 79.7 Å². The normalized spacial score (nSPS) is 12.6. The monoisotopic (exact) mass is 407 g/mol. The van der Waals surface area contributed by atoms with Crippen molar-refractivity contribution in [3.63, 3.8) is 0 Å². The van der Waals surface area contributed by atoms with Crippen molar-refractivity contribution < 1.29 is 14.4 Å². The van der Waals surface area contributed by atoms with Crippen LogP contribution in [0, 0.1) is 6.92 Å². The Hall–Kier alpha value is -3.08. The number of aryl methyl sites for hydroxylation is 1. The van der Waals surface area contributed by atoms with Crippen molar-refractivity contribution in [1.29, 1.82) is 0 Å². The zero-order valence-corrected chi connectivity index (χ0v) is 16.9. The number of hydrogen-bond acceptors (Lipinski definition) is 3. The molecule has 0 aromatic heterocycles. The summed E-state index contributed by atoms with van der Waals surface area (Å²) in [6.07, 6.45) is 0.766. The molecule has 0 spiro atoms. The first-order valence-electron chi connectivity index (χ1n) is 9.17. The van der Waals surface area contributed by atoms with Gasteiger partial charge in [-0.2, -0.15) is 5.48 Å². The van der Waals surface area contributed by atoms with E-state index in [9.17, 15) is 4.79 Å². The van der Waals surface area contributed by atoms with E-state index in [1.165, 1.54) is 6.08 Å². The lowest BCUT2D eigenvalue weighted by Crippen LogP contribution is -2.41. The summed E-state index contributed by atoms with van der Waals surface area (Å²) < 4.78 is 5.02. The summed E-state index contributed by atoms with van der Waals surface area (Å²) in [5.74, 6) is 0. The van der Waals surface area contributed by atoms with Crippen LogP contribution in [0.25, 0.3) is 0 Å². The molecule has 1 atom stereocenters. The third kappa shape index (κ3) is 4.50. The third-order valence-corrected chi connectivity index (χ3v) is 4.84. The minimum absolute atomic E-state index is 0.0736. The maximum absolute atomic E-state index is 12.1. The number of hydroxylamine groups is 1. The number of hydrogen-bond donors (Lipinski definition) is 1. The first-order valence-corrected chi connectivity index (χ1v) is 9.55. The highest BCUT2D eigenvalue weighted by molar-refractivity contribution is 6.31. The Labute approximate surface area is 175 Å². The molecule has 5 heteroatoms. The molecule has 0 aliphatic heterocycles. The van der Waals surface area contributed by atoms with Crippen LogP contribution in [0.2, 0.25) is 5.02 Å². The maximum atomic E-state index is 12.1. The molecular weight excluding hydrogens is 386 g/mol. The molecule has 0 saturated carbocycles. The molecule has 0 saturated heterocycles. The topological polar surface area (TPSA) is 47.6 Å². The lowest BCUT2D eigenvalue weighted by atomic mass is 9.80. The van der Waals surface area contributed by atoms with E-state index in [4.69, 9.17) is 21.2 Å². The van der Waals surface area contributed by atoms with Crippen LogP contribution in [0.15, 0.2) is 91.5 Å². The molecule has 4 nitrogen and oxygen atoms in total. The van der Waals surface area contributed by atoms with Gasteiger partial charge in [-0.15, -0.1) is 0 Å². The molecule has 1 N–H and O–H groups in total. The van der Waals surface area contributed by atoms with Gasteiger partial charge in [-0.3, -0.25) is 0 Å². The number of rotatable bonds is 7. The van der Waals surface area contributed by atoms with E-state index in [0.29, 0.717) is 10.6 Å². The molecule has 1 amide bonds. The zero-order chi connectivity index (χ0) is 20.7. The molecule has 0 bridgehead atoms. The molecule has 148 valence electrons. The van der Waals surface area contributed by atoms with Crippen LogP contribution in [0.4, 0.5) is 4.79 Å². The van der Waals surface area contributed by atoms with Gasteiger partial charge in [-0.1, -0.05) is 103 Å². The number of benzene rings is 3. The van der Waals surface area contributed by atoms with Gasteiger partial charge >= 0.3 is 6.09 Å². The van der Waals surface area contributed by atoms with Gasteiger partial charge in [0.1, 0.15) is 6.61 Å². The molecule has 0 fully saturated rings. The van der Waals surface area contributed by atoms with E-state index in [0.717, 1.165) is 16.7 Å². The number of amides is 1. The Kier molecular flexibility index (Phi) is 6.70. The van der Waals surface area contributed by atoms with Crippen LogP contribution in [0.5, 0.6) is 0 Å². The fourth-order valence-electron chi connectivity index (χ4n) is 3.14. The van der Waals surface area contributed by atoms with E-state index >= 15 is 0 Å². The Morgan fingerprint density at radius 1 is 1.00 bits per heavy atom. The van der Waals surface area contributed by atoms with Crippen molar-refractivity contribution in [2.45, 2.75) is 12.5 Å². The van der Waals surface area contributed by atoms with Gasteiger partial charge in [0.15, 0.2) is 5.60 Å². The summed E-state index contributed by atoms with van der Waals surface area (Å²) >= 11 is 6.60. The van der Waals surface area contributed by atoms with Crippen LogP contribution in [0.1, 0.15) is 22.3 Å². The highest BCUT2D eigenvalue weighted by Gasteiger charge is 2.40. The molecule has 29 heavy (non-hydrogen) atoms. The predicted octanol–water partition coefficient (Wildman–Crippen LogP) is 5.78.